The van der Waals surface area contributed by atoms with Gasteiger partial charge in [-0.3, -0.25) is 9.78 Å². The summed E-state index contributed by atoms with van der Waals surface area (Å²) in [5.74, 6) is 0.0535. The Bertz CT molecular complexity index is 638. The molecule has 1 atom stereocenters. The molecule has 0 aliphatic carbocycles. The Hall–Kier alpha value is -1.43. The zero-order valence-electron chi connectivity index (χ0n) is 11.9. The Balaban J connectivity index is 0.00000176. The molecular formula is C16H17BrClN3O. The van der Waals surface area contributed by atoms with Crippen LogP contribution in [0.3, 0.4) is 0 Å². The molecular weight excluding hydrogens is 366 g/mol. The molecule has 116 valence electrons. The molecule has 1 aliphatic rings. The van der Waals surface area contributed by atoms with Gasteiger partial charge in [0.25, 0.3) is 5.91 Å². The molecule has 1 N–H and O–H groups in total. The maximum absolute atomic E-state index is 12.9. The summed E-state index contributed by atoms with van der Waals surface area (Å²) >= 11 is 3.46. The van der Waals surface area contributed by atoms with Crippen molar-refractivity contribution in [2.24, 2.45) is 0 Å². The fourth-order valence-electron chi connectivity index (χ4n) is 2.61. The largest absolute Gasteiger partial charge is 0.329 e. The Kier molecular flexibility index (Phi) is 5.94. The van der Waals surface area contributed by atoms with Crippen molar-refractivity contribution in [2.45, 2.75) is 6.04 Å². The Labute approximate surface area is 144 Å². The van der Waals surface area contributed by atoms with Crippen LogP contribution >= 0.6 is 28.3 Å². The summed E-state index contributed by atoms with van der Waals surface area (Å²) in [6.07, 6.45) is 3.58. The van der Waals surface area contributed by atoms with Crippen LogP contribution in [0.5, 0.6) is 0 Å². The molecule has 0 saturated carbocycles. The van der Waals surface area contributed by atoms with Crippen molar-refractivity contribution in [2.75, 3.05) is 19.6 Å². The summed E-state index contributed by atoms with van der Waals surface area (Å²) in [6.45, 7) is 2.26. The molecule has 2 heterocycles. The van der Waals surface area contributed by atoms with Crippen LogP contribution in [-0.4, -0.2) is 35.4 Å². The van der Waals surface area contributed by atoms with Gasteiger partial charge in [-0.25, -0.2) is 0 Å². The van der Waals surface area contributed by atoms with Gasteiger partial charge in [0.05, 0.1) is 11.6 Å². The van der Waals surface area contributed by atoms with E-state index in [-0.39, 0.29) is 24.4 Å². The predicted octanol–water partition coefficient (Wildman–Crippen LogP) is 3.05. The highest BCUT2D eigenvalue weighted by Crippen LogP contribution is 2.26. The Morgan fingerprint density at radius 1 is 1.27 bits per heavy atom. The standard InChI is InChI=1S/C16H16BrN3O.ClH/c17-14-6-2-1-5-13(14)16(21)20-9-8-19-11-15(20)12-4-3-7-18-10-12;/h1-7,10,15,19H,8-9,11H2;1H. The number of aromatic nitrogens is 1. The fourth-order valence-corrected chi connectivity index (χ4v) is 3.06. The van der Waals surface area contributed by atoms with E-state index in [0.717, 1.165) is 23.1 Å². The van der Waals surface area contributed by atoms with Gasteiger partial charge in [0.15, 0.2) is 0 Å². The first-order chi connectivity index (χ1) is 10.3. The van der Waals surface area contributed by atoms with Gasteiger partial charge in [0.1, 0.15) is 0 Å². The third-order valence-corrected chi connectivity index (χ3v) is 4.37. The number of amides is 1. The molecule has 1 fully saturated rings. The van der Waals surface area contributed by atoms with Crippen LogP contribution in [0.1, 0.15) is 22.0 Å². The average Bonchev–Trinajstić information content (AvgIpc) is 2.55. The van der Waals surface area contributed by atoms with E-state index in [0.29, 0.717) is 12.1 Å². The van der Waals surface area contributed by atoms with Crippen LogP contribution in [0.25, 0.3) is 0 Å². The molecule has 0 spiro atoms. The fraction of sp³-hybridized carbons (Fsp3) is 0.250. The minimum absolute atomic E-state index is 0. The number of halogens is 2. The SMILES string of the molecule is Cl.O=C(c1ccccc1Br)N1CCNCC1c1cccnc1. The quantitative estimate of drug-likeness (QED) is 0.868. The molecule has 6 heteroatoms. The number of nitrogens with one attached hydrogen (secondary N) is 1. The minimum atomic E-state index is 0. The summed E-state index contributed by atoms with van der Waals surface area (Å²) in [5.41, 5.74) is 1.76. The van der Waals surface area contributed by atoms with Gasteiger partial charge in [-0.15, -0.1) is 12.4 Å². The second-order valence-electron chi connectivity index (χ2n) is 4.98. The van der Waals surface area contributed by atoms with Crippen molar-refractivity contribution in [3.63, 3.8) is 0 Å². The summed E-state index contributed by atoms with van der Waals surface area (Å²) in [4.78, 5) is 18.9. The first kappa shape index (κ1) is 16.9. The van der Waals surface area contributed by atoms with Crippen LogP contribution in [-0.2, 0) is 0 Å². The van der Waals surface area contributed by atoms with Crippen molar-refractivity contribution in [1.82, 2.24) is 15.2 Å². The van der Waals surface area contributed by atoms with Crippen molar-refractivity contribution < 1.29 is 4.79 Å². The molecule has 0 bridgehead atoms. The van der Waals surface area contributed by atoms with Crippen molar-refractivity contribution >= 4 is 34.2 Å². The maximum atomic E-state index is 12.9. The molecule has 1 saturated heterocycles. The lowest BCUT2D eigenvalue weighted by atomic mass is 10.0. The number of rotatable bonds is 2. The van der Waals surface area contributed by atoms with Gasteiger partial charge in [-0.1, -0.05) is 18.2 Å². The second kappa shape index (κ2) is 7.72. The summed E-state index contributed by atoms with van der Waals surface area (Å²) < 4.78 is 0.832. The van der Waals surface area contributed by atoms with Gasteiger partial charge in [-0.05, 0) is 39.7 Å². The first-order valence-electron chi connectivity index (χ1n) is 6.93. The monoisotopic (exact) mass is 381 g/mol. The lowest BCUT2D eigenvalue weighted by molar-refractivity contribution is 0.0633. The van der Waals surface area contributed by atoms with E-state index in [9.17, 15) is 4.79 Å². The summed E-state index contributed by atoms with van der Waals surface area (Å²) in [7, 11) is 0. The highest BCUT2D eigenvalue weighted by atomic mass is 79.9. The van der Waals surface area contributed by atoms with Gasteiger partial charge in [-0.2, -0.15) is 0 Å². The highest BCUT2D eigenvalue weighted by molar-refractivity contribution is 9.10. The van der Waals surface area contributed by atoms with Gasteiger partial charge >= 0.3 is 0 Å². The van der Waals surface area contributed by atoms with Crippen molar-refractivity contribution in [1.29, 1.82) is 0 Å². The number of benzene rings is 1. The van der Waals surface area contributed by atoms with Gasteiger partial charge in [0, 0.05) is 36.5 Å². The van der Waals surface area contributed by atoms with E-state index >= 15 is 0 Å². The van der Waals surface area contributed by atoms with Crippen LogP contribution in [0.4, 0.5) is 0 Å². The molecule has 1 aliphatic heterocycles. The van der Waals surface area contributed by atoms with E-state index in [1.165, 1.54) is 0 Å². The first-order valence-corrected chi connectivity index (χ1v) is 7.73. The van der Waals surface area contributed by atoms with Crippen LogP contribution in [0.15, 0.2) is 53.3 Å². The molecule has 3 rings (SSSR count). The molecule has 1 unspecified atom stereocenters. The molecule has 2 aromatic rings. The van der Waals surface area contributed by atoms with Crippen molar-refractivity contribution in [3.8, 4) is 0 Å². The van der Waals surface area contributed by atoms with E-state index in [4.69, 9.17) is 0 Å². The van der Waals surface area contributed by atoms with Crippen molar-refractivity contribution in [3.05, 3.63) is 64.4 Å². The molecule has 1 aromatic heterocycles. The normalized spacial score (nSPS) is 17.7. The third-order valence-electron chi connectivity index (χ3n) is 3.68. The topological polar surface area (TPSA) is 45.2 Å². The molecule has 0 radical (unpaired) electrons. The Morgan fingerprint density at radius 3 is 2.82 bits per heavy atom. The highest BCUT2D eigenvalue weighted by Gasteiger charge is 2.29. The Morgan fingerprint density at radius 2 is 2.09 bits per heavy atom. The third kappa shape index (κ3) is 3.48. The molecule has 22 heavy (non-hydrogen) atoms. The number of carbonyl (C=O) groups excluding carboxylic acids is 1. The lowest BCUT2D eigenvalue weighted by Crippen LogP contribution is -2.48. The van der Waals surface area contributed by atoms with Gasteiger partial charge < -0.3 is 10.2 Å². The average molecular weight is 383 g/mol. The molecule has 1 aromatic carbocycles. The summed E-state index contributed by atoms with van der Waals surface area (Å²) in [5, 5.41) is 3.35. The van der Waals surface area contributed by atoms with E-state index in [1.54, 1.807) is 6.20 Å². The zero-order chi connectivity index (χ0) is 14.7. The van der Waals surface area contributed by atoms with Crippen LogP contribution in [0, 0.1) is 0 Å². The number of piperazine rings is 1. The minimum Gasteiger partial charge on any atom is -0.329 e. The van der Waals surface area contributed by atoms with Gasteiger partial charge in [0.2, 0.25) is 0 Å². The number of hydrogen-bond donors (Lipinski definition) is 1. The number of nitrogens with zero attached hydrogens (tertiary/aromatic N) is 2. The number of pyridine rings is 1. The van der Waals surface area contributed by atoms with E-state index in [2.05, 4.69) is 26.2 Å². The lowest BCUT2D eigenvalue weighted by Gasteiger charge is -2.36. The summed E-state index contributed by atoms with van der Waals surface area (Å²) in [6, 6.07) is 11.5. The molecule has 1 amide bonds. The van der Waals surface area contributed by atoms with E-state index < -0.39 is 0 Å². The number of hydrogen-bond acceptors (Lipinski definition) is 3. The zero-order valence-corrected chi connectivity index (χ0v) is 14.3. The second-order valence-corrected chi connectivity index (χ2v) is 5.84. The maximum Gasteiger partial charge on any atom is 0.255 e. The van der Waals surface area contributed by atoms with Crippen LogP contribution in [0.2, 0.25) is 0 Å². The smallest absolute Gasteiger partial charge is 0.255 e. The van der Waals surface area contributed by atoms with Crippen LogP contribution < -0.4 is 5.32 Å². The molecule has 4 nitrogen and oxygen atoms in total. The number of carbonyl (C=O) groups is 1. The van der Waals surface area contributed by atoms with E-state index in [1.807, 2.05) is 47.5 Å². The predicted molar refractivity (Wildman–Crippen MR) is 92.3 cm³/mol.